The average molecular weight is 253 g/mol. The van der Waals surface area contributed by atoms with Crippen molar-refractivity contribution in [2.75, 3.05) is 13.7 Å². The molecule has 0 amide bonds. The van der Waals surface area contributed by atoms with Gasteiger partial charge in [0.1, 0.15) is 0 Å². The van der Waals surface area contributed by atoms with Gasteiger partial charge in [-0.15, -0.1) is 0 Å². The van der Waals surface area contributed by atoms with Gasteiger partial charge in [0.25, 0.3) is 0 Å². The van der Waals surface area contributed by atoms with Gasteiger partial charge in [-0.2, -0.15) is 0 Å². The quantitative estimate of drug-likeness (QED) is 0.584. The highest BCUT2D eigenvalue weighted by Gasteiger charge is 2.21. The summed E-state index contributed by atoms with van der Waals surface area (Å²) in [6, 6.07) is 0.590. The lowest BCUT2D eigenvalue weighted by Gasteiger charge is -2.30. The van der Waals surface area contributed by atoms with Crippen molar-refractivity contribution in [1.29, 1.82) is 0 Å². The molecule has 3 nitrogen and oxygen atoms in total. The highest BCUT2D eigenvalue weighted by atomic mass is 16.5. The van der Waals surface area contributed by atoms with E-state index in [9.17, 15) is 4.79 Å². The average Bonchev–Trinajstić information content (AvgIpc) is 2.43. The maximum absolute atomic E-state index is 11.2. The summed E-state index contributed by atoms with van der Waals surface area (Å²) in [6.45, 7) is 4.80. The van der Waals surface area contributed by atoms with Crippen LogP contribution in [0.4, 0.5) is 0 Å². The van der Waals surface area contributed by atoms with Gasteiger partial charge in [0, 0.05) is 18.2 Å². The molecule has 0 aromatic carbocycles. The minimum Gasteiger partial charge on any atom is -0.466 e. The maximum Gasteiger partial charge on any atom is 0.333 e. The van der Waals surface area contributed by atoms with Crippen LogP contribution in [0.5, 0.6) is 0 Å². The third-order valence-corrected chi connectivity index (χ3v) is 3.95. The first-order valence-electron chi connectivity index (χ1n) is 7.17. The van der Waals surface area contributed by atoms with Crippen LogP contribution in [-0.2, 0) is 9.53 Å². The molecule has 0 bridgehead atoms. The molecule has 1 aliphatic rings. The normalized spacial score (nSPS) is 19.6. The first-order chi connectivity index (χ1) is 8.69. The summed E-state index contributed by atoms with van der Waals surface area (Å²) in [5.74, 6) is 0.582. The lowest BCUT2D eigenvalue weighted by Crippen LogP contribution is -2.37. The second kappa shape index (κ2) is 8.30. The minimum atomic E-state index is -0.234. The van der Waals surface area contributed by atoms with Crippen LogP contribution < -0.4 is 5.32 Å². The molecule has 0 saturated heterocycles. The largest absolute Gasteiger partial charge is 0.466 e. The lowest BCUT2D eigenvalue weighted by atomic mass is 9.83. The summed E-state index contributed by atoms with van der Waals surface area (Å²) >= 11 is 0. The van der Waals surface area contributed by atoms with E-state index in [-0.39, 0.29) is 5.97 Å². The molecule has 0 aliphatic heterocycles. The van der Waals surface area contributed by atoms with Gasteiger partial charge in [0.2, 0.25) is 0 Å². The highest BCUT2D eigenvalue weighted by Crippen LogP contribution is 2.27. The smallest absolute Gasteiger partial charge is 0.333 e. The summed E-state index contributed by atoms with van der Waals surface area (Å²) in [5, 5.41) is 3.56. The van der Waals surface area contributed by atoms with Crippen LogP contribution in [0.1, 0.15) is 52.4 Å². The minimum absolute atomic E-state index is 0.234. The van der Waals surface area contributed by atoms with Gasteiger partial charge in [-0.05, 0) is 32.1 Å². The number of ether oxygens (including phenoxy) is 1. The van der Waals surface area contributed by atoms with Crippen molar-refractivity contribution in [3.63, 3.8) is 0 Å². The molecular formula is C15H27NO2. The predicted octanol–water partition coefficient (Wildman–Crippen LogP) is 3.05. The zero-order valence-electron chi connectivity index (χ0n) is 12.0. The number of rotatable bonds is 6. The van der Waals surface area contributed by atoms with Crippen molar-refractivity contribution in [3.8, 4) is 0 Å². The van der Waals surface area contributed by atoms with Gasteiger partial charge in [-0.25, -0.2) is 4.79 Å². The molecule has 1 unspecified atom stereocenters. The second-order valence-electron chi connectivity index (χ2n) is 5.20. The van der Waals surface area contributed by atoms with Crippen LogP contribution in [0, 0.1) is 5.92 Å². The summed E-state index contributed by atoms with van der Waals surface area (Å²) in [5.41, 5.74) is 0.684. The van der Waals surface area contributed by atoms with Crippen LogP contribution in [0.2, 0.25) is 0 Å². The molecule has 0 spiro atoms. The van der Waals surface area contributed by atoms with E-state index in [0.717, 1.165) is 18.9 Å². The summed E-state index contributed by atoms with van der Waals surface area (Å²) in [7, 11) is 1.42. The van der Waals surface area contributed by atoms with E-state index in [1.54, 1.807) is 6.92 Å². The molecule has 1 N–H and O–H groups in total. The number of hydrogen-bond acceptors (Lipinski definition) is 3. The SMILES string of the molecule is CCC(NC/C=C(/C)C(=O)OC)C1CCCCC1. The standard InChI is InChI=1S/C15H27NO2/c1-4-14(13-8-6-5-7-9-13)16-11-10-12(2)15(17)18-3/h10,13-14,16H,4-9,11H2,1-3H3/b12-10-. The molecule has 0 aromatic rings. The second-order valence-corrected chi connectivity index (χ2v) is 5.20. The molecular weight excluding hydrogens is 226 g/mol. The van der Waals surface area contributed by atoms with Crippen LogP contribution in [-0.4, -0.2) is 25.7 Å². The third kappa shape index (κ3) is 4.81. The fourth-order valence-corrected chi connectivity index (χ4v) is 2.79. The Morgan fingerprint density at radius 1 is 1.39 bits per heavy atom. The number of esters is 1. The van der Waals surface area contributed by atoms with E-state index in [4.69, 9.17) is 0 Å². The van der Waals surface area contributed by atoms with Crippen molar-refractivity contribution in [2.24, 2.45) is 5.92 Å². The van der Waals surface area contributed by atoms with Gasteiger partial charge in [-0.3, -0.25) is 0 Å². The topological polar surface area (TPSA) is 38.3 Å². The summed E-state index contributed by atoms with van der Waals surface area (Å²) in [6.07, 6.45) is 9.94. The molecule has 0 aromatic heterocycles. The van der Waals surface area contributed by atoms with Gasteiger partial charge >= 0.3 is 5.97 Å². The number of methoxy groups -OCH3 is 1. The van der Waals surface area contributed by atoms with Gasteiger partial charge < -0.3 is 10.1 Å². The molecule has 1 rings (SSSR count). The van der Waals surface area contributed by atoms with Crippen LogP contribution in [0.25, 0.3) is 0 Å². The zero-order valence-corrected chi connectivity index (χ0v) is 12.0. The zero-order chi connectivity index (χ0) is 13.4. The Bertz CT molecular complexity index is 280. The molecule has 1 saturated carbocycles. The first kappa shape index (κ1) is 15.2. The maximum atomic E-state index is 11.2. The van der Waals surface area contributed by atoms with E-state index in [0.29, 0.717) is 11.6 Å². The van der Waals surface area contributed by atoms with Crippen molar-refractivity contribution >= 4 is 5.97 Å². The van der Waals surface area contributed by atoms with Crippen molar-refractivity contribution < 1.29 is 9.53 Å². The fourth-order valence-electron chi connectivity index (χ4n) is 2.79. The third-order valence-electron chi connectivity index (χ3n) is 3.95. The van der Waals surface area contributed by atoms with Gasteiger partial charge in [0.05, 0.1) is 7.11 Å². The van der Waals surface area contributed by atoms with Crippen molar-refractivity contribution in [1.82, 2.24) is 5.32 Å². The molecule has 1 fully saturated rings. The Morgan fingerprint density at radius 3 is 2.61 bits per heavy atom. The Kier molecular flexibility index (Phi) is 7.02. The first-order valence-corrected chi connectivity index (χ1v) is 7.17. The fraction of sp³-hybridized carbons (Fsp3) is 0.800. The molecule has 104 valence electrons. The van der Waals surface area contributed by atoms with Crippen molar-refractivity contribution in [2.45, 2.75) is 58.4 Å². The van der Waals surface area contributed by atoms with E-state index in [1.807, 2.05) is 6.08 Å². The molecule has 1 aliphatic carbocycles. The number of carbonyl (C=O) groups excluding carboxylic acids is 1. The van der Waals surface area contributed by atoms with Gasteiger partial charge in [-0.1, -0.05) is 32.3 Å². The monoisotopic (exact) mass is 253 g/mol. The molecule has 1 atom stereocenters. The Morgan fingerprint density at radius 2 is 2.06 bits per heavy atom. The van der Waals surface area contributed by atoms with Crippen molar-refractivity contribution in [3.05, 3.63) is 11.6 Å². The number of carbonyl (C=O) groups is 1. The van der Waals surface area contributed by atoms with E-state index in [1.165, 1.54) is 39.2 Å². The van der Waals surface area contributed by atoms with Gasteiger partial charge in [0.15, 0.2) is 0 Å². The van der Waals surface area contributed by atoms with Crippen LogP contribution >= 0.6 is 0 Å². The Balaban J connectivity index is 2.37. The summed E-state index contributed by atoms with van der Waals surface area (Å²) in [4.78, 5) is 11.2. The van der Waals surface area contributed by atoms with E-state index >= 15 is 0 Å². The number of nitrogens with one attached hydrogen (secondary N) is 1. The molecule has 0 heterocycles. The van der Waals surface area contributed by atoms with Crippen LogP contribution in [0.15, 0.2) is 11.6 Å². The Hall–Kier alpha value is -0.830. The lowest BCUT2D eigenvalue weighted by molar-refractivity contribution is -0.136. The van der Waals surface area contributed by atoms with Crippen LogP contribution in [0.3, 0.4) is 0 Å². The highest BCUT2D eigenvalue weighted by molar-refractivity contribution is 5.87. The molecule has 0 radical (unpaired) electrons. The summed E-state index contributed by atoms with van der Waals surface area (Å²) < 4.78 is 4.68. The molecule has 18 heavy (non-hydrogen) atoms. The van der Waals surface area contributed by atoms with E-state index < -0.39 is 0 Å². The number of hydrogen-bond donors (Lipinski definition) is 1. The molecule has 3 heteroatoms. The Labute approximate surface area is 111 Å². The van der Waals surface area contributed by atoms with E-state index in [2.05, 4.69) is 17.0 Å². The predicted molar refractivity (Wildman–Crippen MR) is 74.4 cm³/mol.